The van der Waals surface area contributed by atoms with Gasteiger partial charge in [0.2, 0.25) is 0 Å². The molecule has 3 fully saturated rings. The van der Waals surface area contributed by atoms with Crippen LogP contribution in [0.25, 0.3) is 0 Å². The van der Waals surface area contributed by atoms with E-state index in [4.69, 9.17) is 4.74 Å². The second-order valence-corrected chi connectivity index (χ2v) is 6.81. The number of nitrogens with zero attached hydrogens (tertiary/aromatic N) is 2. The van der Waals surface area contributed by atoms with Crippen molar-refractivity contribution in [2.75, 3.05) is 6.54 Å². The van der Waals surface area contributed by atoms with Gasteiger partial charge in [-0.05, 0) is 18.9 Å². The van der Waals surface area contributed by atoms with Gasteiger partial charge in [-0.15, -0.1) is 0 Å². The third-order valence-electron chi connectivity index (χ3n) is 3.70. The van der Waals surface area contributed by atoms with E-state index in [1.54, 1.807) is 0 Å². The van der Waals surface area contributed by atoms with E-state index in [2.05, 4.69) is 0 Å². The quantitative estimate of drug-likeness (QED) is 0.461. The summed E-state index contributed by atoms with van der Waals surface area (Å²) in [5.41, 5.74) is -0.493. The first-order valence-corrected chi connectivity index (χ1v) is 7.81. The molecule has 0 unspecified atom stereocenters. The summed E-state index contributed by atoms with van der Waals surface area (Å²) in [5, 5.41) is 11.0. The number of hydrogen-bond acceptors (Lipinski definition) is 6. The predicted molar refractivity (Wildman–Crippen MR) is 69.9 cm³/mol. The van der Waals surface area contributed by atoms with Crippen molar-refractivity contribution >= 4 is 21.7 Å². The Morgan fingerprint density at radius 2 is 2.00 bits per heavy atom. The predicted octanol–water partition coefficient (Wildman–Crippen LogP) is 0.673. The van der Waals surface area contributed by atoms with Crippen LogP contribution >= 0.6 is 0 Å². The van der Waals surface area contributed by atoms with Crippen LogP contribution in [-0.4, -0.2) is 42.3 Å². The van der Waals surface area contributed by atoms with E-state index in [1.807, 2.05) is 0 Å². The van der Waals surface area contributed by atoms with Gasteiger partial charge >= 0.3 is 5.97 Å². The monoisotopic (exact) mass is 312 g/mol. The fraction of sp³-hybridized carbons (Fsp3) is 0.417. The Bertz CT molecular complexity index is 716. The normalized spacial score (nSPS) is 25.6. The molecular weight excluding hydrogens is 300 g/mol. The first-order valence-electron chi connectivity index (χ1n) is 6.37. The number of para-hydroxylation sites is 1. The van der Waals surface area contributed by atoms with Crippen LogP contribution in [0.5, 0.6) is 0 Å². The molecule has 3 saturated heterocycles. The minimum absolute atomic E-state index is 0.0464. The van der Waals surface area contributed by atoms with Gasteiger partial charge in [0, 0.05) is 6.07 Å². The highest BCUT2D eigenvalue weighted by atomic mass is 32.2. The minimum Gasteiger partial charge on any atom is -0.460 e. The van der Waals surface area contributed by atoms with Gasteiger partial charge in [0.05, 0.1) is 11.5 Å². The number of piperidine rings is 1. The Labute approximate surface area is 120 Å². The van der Waals surface area contributed by atoms with Crippen LogP contribution in [0, 0.1) is 10.1 Å². The number of sulfonamides is 1. The van der Waals surface area contributed by atoms with Crippen LogP contribution in [0.3, 0.4) is 0 Å². The lowest BCUT2D eigenvalue weighted by Crippen LogP contribution is -2.58. The van der Waals surface area contributed by atoms with E-state index < -0.39 is 43.6 Å². The van der Waals surface area contributed by atoms with Gasteiger partial charge in [0.25, 0.3) is 15.7 Å². The van der Waals surface area contributed by atoms with Gasteiger partial charge in [0.15, 0.2) is 4.90 Å². The van der Waals surface area contributed by atoms with Crippen LogP contribution in [0.2, 0.25) is 0 Å². The molecule has 0 aromatic heterocycles. The highest BCUT2D eigenvalue weighted by Crippen LogP contribution is 2.34. The number of hydrogen-bond donors (Lipinski definition) is 0. The number of esters is 1. The van der Waals surface area contributed by atoms with Gasteiger partial charge in [-0.25, -0.2) is 8.42 Å². The standard InChI is InChI=1S/C12H12N2O6S/c15-12-10-6-5-8(20-12)7-13(10)21(18,19)11-4-2-1-3-9(11)14(16)17/h1-4,8,10H,5-7H2/t8-,10-/m1/s1. The zero-order valence-corrected chi connectivity index (χ0v) is 11.7. The molecule has 1 aromatic rings. The second kappa shape index (κ2) is 4.78. The molecule has 0 N–H and O–H groups in total. The summed E-state index contributed by atoms with van der Waals surface area (Å²) in [6, 6.07) is 4.24. The maximum Gasteiger partial charge on any atom is 0.324 e. The molecule has 3 heterocycles. The molecule has 2 bridgehead atoms. The van der Waals surface area contributed by atoms with Crippen molar-refractivity contribution in [3.63, 3.8) is 0 Å². The summed E-state index contributed by atoms with van der Waals surface area (Å²) in [6.07, 6.45) is 0.517. The molecule has 0 saturated carbocycles. The van der Waals surface area contributed by atoms with Crippen LogP contribution in [-0.2, 0) is 19.6 Å². The molecule has 1 aromatic carbocycles. The number of nitro groups is 1. The van der Waals surface area contributed by atoms with Crippen LogP contribution < -0.4 is 0 Å². The molecule has 0 spiro atoms. The summed E-state index contributed by atoms with van der Waals surface area (Å²) in [4.78, 5) is 21.6. The molecule has 9 heteroatoms. The molecular formula is C12H12N2O6S. The van der Waals surface area contributed by atoms with Gasteiger partial charge < -0.3 is 4.74 Å². The van der Waals surface area contributed by atoms with Crippen LogP contribution in [0.15, 0.2) is 29.2 Å². The largest absolute Gasteiger partial charge is 0.460 e. The molecule has 112 valence electrons. The first kappa shape index (κ1) is 14.0. The summed E-state index contributed by atoms with van der Waals surface area (Å²) >= 11 is 0. The first-order chi connectivity index (χ1) is 9.91. The Balaban J connectivity index is 2.06. The highest BCUT2D eigenvalue weighted by Gasteiger charge is 2.48. The van der Waals surface area contributed by atoms with Crippen molar-refractivity contribution in [2.24, 2.45) is 0 Å². The van der Waals surface area contributed by atoms with Crippen molar-refractivity contribution < 1.29 is 22.9 Å². The molecule has 21 heavy (non-hydrogen) atoms. The number of nitro benzene ring substituents is 1. The number of carbonyl (C=O) groups excluding carboxylic acids is 1. The van der Waals surface area contributed by atoms with Crippen molar-refractivity contribution in [1.82, 2.24) is 4.31 Å². The molecule has 0 amide bonds. The Morgan fingerprint density at radius 1 is 1.29 bits per heavy atom. The molecule has 4 rings (SSSR count). The highest BCUT2D eigenvalue weighted by molar-refractivity contribution is 7.89. The van der Waals surface area contributed by atoms with Gasteiger partial charge in [-0.1, -0.05) is 12.1 Å². The van der Waals surface area contributed by atoms with Gasteiger partial charge in [-0.3, -0.25) is 14.9 Å². The van der Waals surface area contributed by atoms with E-state index >= 15 is 0 Å². The lowest BCUT2D eigenvalue weighted by molar-refractivity contribution is -0.387. The number of fused-ring (bicyclic) bond motifs is 3. The van der Waals surface area contributed by atoms with Gasteiger partial charge in [-0.2, -0.15) is 4.31 Å². The van der Waals surface area contributed by atoms with Crippen LogP contribution in [0.1, 0.15) is 12.8 Å². The summed E-state index contributed by atoms with van der Waals surface area (Å²) < 4.78 is 31.4. The molecule has 2 atom stereocenters. The third kappa shape index (κ3) is 2.18. The SMILES string of the molecule is O=C1O[C@@H]2CC[C@H]1N(S(=O)(=O)c1ccccc1[N+](=O)[O-])C2. The molecule has 3 aliphatic heterocycles. The molecule has 8 nitrogen and oxygen atoms in total. The van der Waals surface area contributed by atoms with E-state index in [0.717, 1.165) is 10.4 Å². The average molecular weight is 312 g/mol. The number of ether oxygens (including phenoxy) is 1. The fourth-order valence-electron chi connectivity index (χ4n) is 2.70. The van der Waals surface area contributed by atoms with E-state index in [1.165, 1.54) is 18.2 Å². The summed E-state index contributed by atoms with van der Waals surface area (Å²) in [6.45, 7) is 0.0464. The lowest BCUT2D eigenvalue weighted by atomic mass is 9.99. The van der Waals surface area contributed by atoms with Crippen molar-refractivity contribution in [2.45, 2.75) is 29.9 Å². The Kier molecular flexibility index (Phi) is 3.18. The number of benzene rings is 1. The topological polar surface area (TPSA) is 107 Å². The van der Waals surface area contributed by atoms with E-state index in [-0.39, 0.29) is 6.54 Å². The second-order valence-electron chi connectivity index (χ2n) is 4.95. The van der Waals surface area contributed by atoms with Crippen molar-refractivity contribution in [1.29, 1.82) is 0 Å². The van der Waals surface area contributed by atoms with Crippen LogP contribution in [0.4, 0.5) is 5.69 Å². The van der Waals surface area contributed by atoms with Crippen molar-refractivity contribution in [3.05, 3.63) is 34.4 Å². The Morgan fingerprint density at radius 3 is 2.62 bits per heavy atom. The summed E-state index contributed by atoms with van der Waals surface area (Å²) in [7, 11) is -4.11. The Hall–Kier alpha value is -2.00. The number of rotatable bonds is 3. The number of morpholine rings is 1. The van der Waals surface area contributed by atoms with E-state index in [0.29, 0.717) is 12.8 Å². The zero-order valence-electron chi connectivity index (χ0n) is 10.8. The zero-order chi connectivity index (χ0) is 15.2. The fourth-order valence-corrected chi connectivity index (χ4v) is 4.50. The smallest absolute Gasteiger partial charge is 0.324 e. The molecule has 0 aliphatic carbocycles. The lowest BCUT2D eigenvalue weighted by Gasteiger charge is -2.42. The molecule has 0 radical (unpaired) electrons. The molecule has 3 aliphatic rings. The van der Waals surface area contributed by atoms with Gasteiger partial charge in [0.1, 0.15) is 12.1 Å². The van der Waals surface area contributed by atoms with Crippen molar-refractivity contribution in [3.8, 4) is 0 Å². The summed E-state index contributed by atoms with van der Waals surface area (Å²) in [5.74, 6) is -0.584. The maximum absolute atomic E-state index is 12.7. The average Bonchev–Trinajstić information content (AvgIpc) is 2.47. The number of carbonyl (C=O) groups is 1. The minimum atomic E-state index is -4.11. The maximum atomic E-state index is 12.7. The third-order valence-corrected chi connectivity index (χ3v) is 5.62. The van der Waals surface area contributed by atoms with E-state index in [9.17, 15) is 23.3 Å².